The molecule has 0 atom stereocenters. The molecule has 0 radical (unpaired) electrons. The molecule has 4 saturated carbocycles. The second-order valence-electron chi connectivity index (χ2n) is 16.8. The number of esters is 5. The Morgan fingerprint density at radius 1 is 0.536 bits per heavy atom. The zero-order chi connectivity index (χ0) is 40.5. The SMILES string of the molecule is CC/C=C\CCCCOC(=O)CCCCC(=O)OCC(CO)(COC(=O)CCCCC(=O)OCCCC/C=C\CC)COC(=O)CC12CC3CC(CC(C3)C1)C2. The summed E-state index contributed by atoms with van der Waals surface area (Å²) in [5.41, 5.74) is -1.36. The molecular weight excluding hydrogens is 716 g/mol. The first kappa shape index (κ1) is 47.2. The van der Waals surface area contributed by atoms with Crippen LogP contribution in [0.5, 0.6) is 0 Å². The third-order valence-electron chi connectivity index (χ3n) is 11.5. The van der Waals surface area contributed by atoms with Crippen molar-refractivity contribution in [2.24, 2.45) is 28.6 Å². The molecule has 0 amide bonds. The average molecular weight is 789 g/mol. The Morgan fingerprint density at radius 3 is 1.29 bits per heavy atom. The molecule has 0 spiro atoms. The number of carbonyl (C=O) groups is 5. The molecular formula is C45H72O11. The molecule has 0 aromatic rings. The van der Waals surface area contributed by atoms with Crippen LogP contribution < -0.4 is 0 Å². The van der Waals surface area contributed by atoms with Crippen molar-refractivity contribution in [3.63, 3.8) is 0 Å². The Balaban J connectivity index is 1.41. The highest BCUT2D eigenvalue weighted by Crippen LogP contribution is 2.61. The summed E-state index contributed by atoms with van der Waals surface area (Å²) in [5, 5.41) is 10.6. The van der Waals surface area contributed by atoms with Crippen molar-refractivity contribution >= 4 is 29.8 Å². The van der Waals surface area contributed by atoms with Crippen LogP contribution in [0.2, 0.25) is 0 Å². The lowest BCUT2D eigenvalue weighted by molar-refractivity contribution is -0.168. The highest BCUT2D eigenvalue weighted by molar-refractivity contribution is 5.72. The molecule has 4 bridgehead atoms. The minimum atomic E-state index is -1.34. The van der Waals surface area contributed by atoms with Gasteiger partial charge in [-0.25, -0.2) is 0 Å². The lowest BCUT2D eigenvalue weighted by atomic mass is 9.49. The number of unbranched alkanes of at least 4 members (excludes halogenated alkanes) is 6. The standard InChI is InChI=1S/C45H72O11/c1-3-5-7-9-11-17-23-52-39(47)19-13-15-21-41(49)54-33-45(32-46,35-56-43(51)31-44-28-36-25-37(29-44)27-38(26-36)30-44)34-55-42(50)22-16-14-20-40(48)53-24-18-12-10-8-6-4-2/h5-8,36-38,46H,3-4,9-35H2,1-2H3/b7-5-,8-6-. The molecule has 0 aromatic carbocycles. The van der Waals surface area contributed by atoms with Crippen LogP contribution in [0.15, 0.2) is 24.3 Å². The molecule has 4 aliphatic rings. The lowest BCUT2D eigenvalue weighted by Gasteiger charge is -2.56. The third kappa shape index (κ3) is 18.8. The lowest BCUT2D eigenvalue weighted by Crippen LogP contribution is -2.47. The van der Waals surface area contributed by atoms with Gasteiger partial charge in [-0.1, -0.05) is 38.2 Å². The van der Waals surface area contributed by atoms with Gasteiger partial charge in [0.05, 0.1) is 31.7 Å². The first-order chi connectivity index (χ1) is 27.1. The predicted molar refractivity (Wildman–Crippen MR) is 213 cm³/mol. The van der Waals surface area contributed by atoms with E-state index in [4.69, 9.17) is 23.7 Å². The van der Waals surface area contributed by atoms with Crippen LogP contribution in [-0.4, -0.2) is 74.6 Å². The number of rotatable bonds is 31. The van der Waals surface area contributed by atoms with E-state index in [2.05, 4.69) is 38.2 Å². The second kappa shape index (κ2) is 26.7. The summed E-state index contributed by atoms with van der Waals surface area (Å²) >= 11 is 0. The van der Waals surface area contributed by atoms with Gasteiger partial charge in [-0.3, -0.25) is 24.0 Å². The summed E-state index contributed by atoms with van der Waals surface area (Å²) in [5.74, 6) is 0.0825. The normalized spacial score (nSPS) is 21.4. The number of hydrogen-bond acceptors (Lipinski definition) is 11. The Kier molecular flexibility index (Phi) is 22.5. The Hall–Kier alpha value is -3.21. The van der Waals surface area contributed by atoms with Gasteiger partial charge in [0.1, 0.15) is 19.8 Å². The van der Waals surface area contributed by atoms with Gasteiger partial charge in [0, 0.05) is 25.7 Å². The number of aliphatic hydroxyl groups excluding tert-OH is 1. The molecule has 0 unspecified atom stereocenters. The topological polar surface area (TPSA) is 152 Å². The van der Waals surface area contributed by atoms with Gasteiger partial charge in [0.25, 0.3) is 0 Å². The molecule has 0 heterocycles. The van der Waals surface area contributed by atoms with Gasteiger partial charge in [0.15, 0.2) is 0 Å². The maximum Gasteiger partial charge on any atom is 0.306 e. The van der Waals surface area contributed by atoms with Crippen LogP contribution in [0.25, 0.3) is 0 Å². The summed E-state index contributed by atoms with van der Waals surface area (Å²) in [6, 6.07) is 0. The number of ether oxygens (including phenoxy) is 5. The maximum atomic E-state index is 13.3. The predicted octanol–water partition coefficient (Wildman–Crippen LogP) is 8.68. The Bertz CT molecular complexity index is 1160. The minimum Gasteiger partial charge on any atom is -0.466 e. The van der Waals surface area contributed by atoms with Crippen molar-refractivity contribution in [1.82, 2.24) is 0 Å². The van der Waals surface area contributed by atoms with Crippen molar-refractivity contribution in [3.8, 4) is 0 Å². The van der Waals surface area contributed by atoms with E-state index in [0.29, 0.717) is 63.1 Å². The van der Waals surface area contributed by atoms with E-state index in [1.54, 1.807) is 0 Å². The van der Waals surface area contributed by atoms with E-state index in [0.717, 1.165) is 70.6 Å². The molecule has 56 heavy (non-hydrogen) atoms. The summed E-state index contributed by atoms with van der Waals surface area (Å²) in [6.07, 6.45) is 25.6. The highest BCUT2D eigenvalue weighted by Gasteiger charge is 2.52. The van der Waals surface area contributed by atoms with Crippen LogP contribution in [0.3, 0.4) is 0 Å². The van der Waals surface area contributed by atoms with E-state index >= 15 is 0 Å². The van der Waals surface area contributed by atoms with Crippen molar-refractivity contribution < 1.29 is 52.8 Å². The van der Waals surface area contributed by atoms with Gasteiger partial charge in [-0.05, 0) is 139 Å². The van der Waals surface area contributed by atoms with Crippen molar-refractivity contribution in [2.75, 3.05) is 39.6 Å². The molecule has 11 heteroatoms. The van der Waals surface area contributed by atoms with Crippen LogP contribution in [0, 0.1) is 28.6 Å². The molecule has 4 aliphatic carbocycles. The second-order valence-corrected chi connectivity index (χ2v) is 16.8. The van der Waals surface area contributed by atoms with Crippen LogP contribution in [0.4, 0.5) is 0 Å². The summed E-state index contributed by atoms with van der Waals surface area (Å²) in [7, 11) is 0. The van der Waals surface area contributed by atoms with E-state index in [1.165, 1.54) is 19.3 Å². The molecule has 318 valence electrons. The van der Waals surface area contributed by atoms with Crippen molar-refractivity contribution in [3.05, 3.63) is 24.3 Å². The molecule has 0 aliphatic heterocycles. The molecule has 4 rings (SSSR count). The first-order valence-corrected chi connectivity index (χ1v) is 21.8. The number of hydrogen-bond donors (Lipinski definition) is 1. The molecule has 1 N–H and O–H groups in total. The first-order valence-electron chi connectivity index (χ1n) is 21.8. The maximum absolute atomic E-state index is 13.3. The number of allylic oxidation sites excluding steroid dienone is 4. The molecule has 4 fully saturated rings. The minimum absolute atomic E-state index is 0.0246. The van der Waals surface area contributed by atoms with Crippen molar-refractivity contribution in [2.45, 2.75) is 162 Å². The quantitative estimate of drug-likeness (QED) is 0.0311. The van der Waals surface area contributed by atoms with E-state index in [9.17, 15) is 29.1 Å². The van der Waals surface area contributed by atoms with E-state index < -0.39 is 24.0 Å². The Morgan fingerprint density at radius 2 is 0.911 bits per heavy atom. The largest absolute Gasteiger partial charge is 0.466 e. The van der Waals surface area contributed by atoms with E-state index in [-0.39, 0.29) is 68.8 Å². The van der Waals surface area contributed by atoms with Gasteiger partial charge in [-0.15, -0.1) is 0 Å². The average Bonchev–Trinajstić information content (AvgIpc) is 3.16. The van der Waals surface area contributed by atoms with Crippen LogP contribution >= 0.6 is 0 Å². The molecule has 11 nitrogen and oxygen atoms in total. The fourth-order valence-electron chi connectivity index (χ4n) is 8.86. The van der Waals surface area contributed by atoms with Gasteiger partial charge in [-0.2, -0.15) is 0 Å². The molecule has 0 aromatic heterocycles. The highest BCUT2D eigenvalue weighted by atomic mass is 16.6. The van der Waals surface area contributed by atoms with E-state index in [1.807, 2.05) is 0 Å². The fourth-order valence-corrected chi connectivity index (χ4v) is 8.86. The third-order valence-corrected chi connectivity index (χ3v) is 11.5. The smallest absolute Gasteiger partial charge is 0.306 e. The van der Waals surface area contributed by atoms with Gasteiger partial charge < -0.3 is 28.8 Å². The summed E-state index contributed by atoms with van der Waals surface area (Å²) in [6.45, 7) is 3.52. The Labute approximate surface area is 336 Å². The van der Waals surface area contributed by atoms with Crippen LogP contribution in [-0.2, 0) is 47.7 Å². The number of aliphatic hydroxyl groups is 1. The van der Waals surface area contributed by atoms with Crippen molar-refractivity contribution in [1.29, 1.82) is 0 Å². The van der Waals surface area contributed by atoms with Gasteiger partial charge in [0.2, 0.25) is 0 Å². The molecule has 0 saturated heterocycles. The zero-order valence-corrected chi connectivity index (χ0v) is 34.6. The fraction of sp³-hybridized carbons (Fsp3) is 0.800. The number of carbonyl (C=O) groups excluding carboxylic acids is 5. The summed E-state index contributed by atoms with van der Waals surface area (Å²) < 4.78 is 27.5. The van der Waals surface area contributed by atoms with Gasteiger partial charge >= 0.3 is 29.8 Å². The van der Waals surface area contributed by atoms with Crippen LogP contribution in [0.1, 0.15) is 162 Å². The summed E-state index contributed by atoms with van der Waals surface area (Å²) in [4.78, 5) is 63.0. The zero-order valence-electron chi connectivity index (χ0n) is 34.6. The monoisotopic (exact) mass is 789 g/mol.